The van der Waals surface area contributed by atoms with E-state index in [9.17, 15) is 4.79 Å². The fraction of sp³-hybridized carbons (Fsp3) is 0.455. The highest BCUT2D eigenvalue weighted by atomic mass is 16.4. The molecule has 1 aliphatic rings. The van der Waals surface area contributed by atoms with Crippen molar-refractivity contribution in [2.24, 2.45) is 5.41 Å². The van der Waals surface area contributed by atoms with E-state index in [1.165, 1.54) is 0 Å². The average Bonchev–Trinajstić information content (AvgIpc) is 3.27. The molecule has 152 valence electrons. The highest BCUT2D eigenvalue weighted by Crippen LogP contribution is 2.42. The van der Waals surface area contributed by atoms with Gasteiger partial charge in [-0.3, -0.25) is 4.79 Å². The lowest BCUT2D eigenvalue weighted by Gasteiger charge is -2.28. The number of hydrogen-bond acceptors (Lipinski definition) is 5. The molecule has 4 rings (SSSR count). The fourth-order valence-electron chi connectivity index (χ4n) is 3.05. The van der Waals surface area contributed by atoms with Crippen LogP contribution >= 0.6 is 0 Å². The first-order valence-corrected chi connectivity index (χ1v) is 10.0. The van der Waals surface area contributed by atoms with Gasteiger partial charge in [0.05, 0.1) is 5.69 Å². The van der Waals surface area contributed by atoms with Crippen LogP contribution in [-0.2, 0) is 0 Å². The van der Waals surface area contributed by atoms with E-state index in [1.54, 1.807) is 6.92 Å². The molecule has 0 spiro atoms. The zero-order valence-corrected chi connectivity index (χ0v) is 17.6. The molecule has 1 saturated carbocycles. The Hall–Kier alpha value is -2.96. The Balaban J connectivity index is 1.66. The van der Waals surface area contributed by atoms with E-state index in [4.69, 9.17) is 9.52 Å². The van der Waals surface area contributed by atoms with Gasteiger partial charge in [-0.2, -0.15) is 5.10 Å². The number of nitrogens with zero attached hydrogens (tertiary/aromatic N) is 4. The number of amides is 1. The number of aromatic nitrogens is 4. The van der Waals surface area contributed by atoms with Gasteiger partial charge in [0, 0.05) is 30.1 Å². The minimum Gasteiger partial charge on any atom is -0.420 e. The first-order valence-electron chi connectivity index (χ1n) is 10.0. The van der Waals surface area contributed by atoms with Gasteiger partial charge in [0.25, 0.3) is 11.8 Å². The predicted octanol–water partition coefficient (Wildman–Crippen LogP) is 4.27. The Bertz CT molecular complexity index is 1040. The summed E-state index contributed by atoms with van der Waals surface area (Å²) in [5.41, 5.74) is 3.22. The lowest BCUT2D eigenvalue weighted by molar-refractivity contribution is 0.0910. The first kappa shape index (κ1) is 19.4. The molecule has 0 bridgehead atoms. The minimum atomic E-state index is -0.0813. The molecule has 7 nitrogen and oxygen atoms in total. The van der Waals surface area contributed by atoms with Crippen LogP contribution in [0.1, 0.15) is 68.4 Å². The summed E-state index contributed by atoms with van der Waals surface area (Å²) < 4.78 is 7.45. The normalized spacial score (nSPS) is 15.3. The summed E-state index contributed by atoms with van der Waals surface area (Å²) in [5, 5.41) is 15.8. The Labute approximate surface area is 170 Å². The van der Waals surface area contributed by atoms with Gasteiger partial charge < -0.3 is 9.73 Å². The van der Waals surface area contributed by atoms with E-state index >= 15 is 0 Å². The van der Waals surface area contributed by atoms with Gasteiger partial charge in [0.2, 0.25) is 5.89 Å². The van der Waals surface area contributed by atoms with Crippen molar-refractivity contribution in [2.75, 3.05) is 0 Å². The third-order valence-corrected chi connectivity index (χ3v) is 5.48. The zero-order chi connectivity index (χ0) is 20.8. The molecule has 0 saturated heterocycles. The van der Waals surface area contributed by atoms with Crippen LogP contribution in [0, 0.1) is 12.3 Å². The summed E-state index contributed by atoms with van der Waals surface area (Å²) in [6, 6.07) is 9.63. The molecule has 2 aromatic heterocycles. The van der Waals surface area contributed by atoms with Crippen molar-refractivity contribution in [3.8, 4) is 17.3 Å². The van der Waals surface area contributed by atoms with Crippen LogP contribution in [-0.4, -0.2) is 31.9 Å². The highest BCUT2D eigenvalue weighted by Gasteiger charge is 2.30. The summed E-state index contributed by atoms with van der Waals surface area (Å²) >= 11 is 0. The second kappa shape index (κ2) is 7.13. The molecule has 0 unspecified atom stereocenters. The zero-order valence-electron chi connectivity index (χ0n) is 17.6. The second-order valence-corrected chi connectivity index (χ2v) is 8.88. The van der Waals surface area contributed by atoms with Crippen molar-refractivity contribution in [2.45, 2.75) is 59.4 Å². The molecular formula is C22H27N5O2. The summed E-state index contributed by atoms with van der Waals surface area (Å²) in [7, 11) is 0. The van der Waals surface area contributed by atoms with Crippen LogP contribution in [0.2, 0.25) is 0 Å². The van der Waals surface area contributed by atoms with E-state index in [2.05, 4.69) is 36.3 Å². The van der Waals surface area contributed by atoms with Crippen molar-refractivity contribution in [1.82, 2.24) is 25.3 Å². The molecule has 0 radical (unpaired) electrons. The van der Waals surface area contributed by atoms with Crippen LogP contribution in [0.3, 0.4) is 0 Å². The Kier molecular flexibility index (Phi) is 4.76. The number of hydrogen-bond donors (Lipinski definition) is 1. The Morgan fingerprint density at radius 3 is 2.62 bits per heavy atom. The van der Waals surface area contributed by atoms with E-state index < -0.39 is 0 Å². The predicted molar refractivity (Wildman–Crippen MR) is 110 cm³/mol. The Morgan fingerprint density at radius 2 is 2.00 bits per heavy atom. The van der Waals surface area contributed by atoms with Gasteiger partial charge in [0.1, 0.15) is 5.69 Å². The summed E-state index contributed by atoms with van der Waals surface area (Å²) in [6.07, 6.45) is 2.27. The molecular weight excluding hydrogens is 366 g/mol. The lowest BCUT2D eigenvalue weighted by atomic mass is 9.88. The van der Waals surface area contributed by atoms with Crippen LogP contribution < -0.4 is 5.32 Å². The van der Waals surface area contributed by atoms with Gasteiger partial charge in [0.15, 0.2) is 0 Å². The minimum absolute atomic E-state index is 0.00843. The third-order valence-electron chi connectivity index (χ3n) is 5.48. The molecule has 1 aliphatic carbocycles. The molecule has 2 heterocycles. The van der Waals surface area contributed by atoms with E-state index in [0.717, 1.165) is 24.2 Å². The largest absolute Gasteiger partial charge is 0.420 e. The van der Waals surface area contributed by atoms with Crippen LogP contribution in [0.5, 0.6) is 0 Å². The summed E-state index contributed by atoms with van der Waals surface area (Å²) in [6.45, 7) is 10.1. The molecule has 0 aliphatic heterocycles. The summed E-state index contributed by atoms with van der Waals surface area (Å²) in [4.78, 5) is 12.8. The fourth-order valence-corrected chi connectivity index (χ4v) is 3.05. The van der Waals surface area contributed by atoms with Gasteiger partial charge in [-0.15, -0.1) is 10.2 Å². The van der Waals surface area contributed by atoms with Crippen molar-refractivity contribution in [3.05, 3.63) is 47.5 Å². The number of aryl methyl sites for hydroxylation is 1. The molecule has 3 aromatic rings. The lowest BCUT2D eigenvalue weighted by Crippen LogP contribution is -2.41. The van der Waals surface area contributed by atoms with Crippen LogP contribution in [0.15, 0.2) is 34.7 Å². The SMILES string of the molecule is Cc1nnc(-c2cc(C3CC3)n(-c3cccc(C(=O)N[C@@H](C)C(C)(C)C)c3)n2)o1. The molecule has 7 heteroatoms. The summed E-state index contributed by atoms with van der Waals surface area (Å²) in [5.74, 6) is 1.31. The second-order valence-electron chi connectivity index (χ2n) is 8.88. The average molecular weight is 393 g/mol. The van der Waals surface area contributed by atoms with Gasteiger partial charge in [-0.05, 0) is 49.4 Å². The monoisotopic (exact) mass is 393 g/mol. The molecule has 1 aromatic carbocycles. The van der Waals surface area contributed by atoms with Crippen LogP contribution in [0.25, 0.3) is 17.3 Å². The molecule has 1 fully saturated rings. The number of carbonyl (C=O) groups is 1. The van der Waals surface area contributed by atoms with E-state index in [0.29, 0.717) is 29.0 Å². The smallest absolute Gasteiger partial charge is 0.268 e. The van der Waals surface area contributed by atoms with Crippen molar-refractivity contribution < 1.29 is 9.21 Å². The molecule has 29 heavy (non-hydrogen) atoms. The maximum atomic E-state index is 12.8. The molecule has 1 amide bonds. The van der Waals surface area contributed by atoms with Crippen molar-refractivity contribution in [3.63, 3.8) is 0 Å². The quantitative estimate of drug-likeness (QED) is 0.699. The van der Waals surface area contributed by atoms with Gasteiger partial charge in [-0.25, -0.2) is 4.68 Å². The first-order chi connectivity index (χ1) is 13.7. The maximum absolute atomic E-state index is 12.8. The van der Waals surface area contributed by atoms with E-state index in [1.807, 2.05) is 41.9 Å². The van der Waals surface area contributed by atoms with E-state index in [-0.39, 0.29) is 17.4 Å². The molecule has 1 N–H and O–H groups in total. The van der Waals surface area contributed by atoms with Gasteiger partial charge in [-0.1, -0.05) is 26.8 Å². The van der Waals surface area contributed by atoms with Gasteiger partial charge >= 0.3 is 0 Å². The topological polar surface area (TPSA) is 85.8 Å². The van der Waals surface area contributed by atoms with Crippen LogP contribution in [0.4, 0.5) is 0 Å². The Morgan fingerprint density at radius 1 is 1.24 bits per heavy atom. The third kappa shape index (κ3) is 4.09. The van der Waals surface area contributed by atoms with Crippen molar-refractivity contribution >= 4 is 5.91 Å². The number of nitrogens with one attached hydrogen (secondary N) is 1. The maximum Gasteiger partial charge on any atom is 0.268 e. The highest BCUT2D eigenvalue weighted by molar-refractivity contribution is 5.95. The van der Waals surface area contributed by atoms with Crippen molar-refractivity contribution in [1.29, 1.82) is 0 Å². The number of benzene rings is 1. The number of carbonyl (C=O) groups excluding carboxylic acids is 1. The standard InChI is InChI=1S/C22H27N5O2/c1-13(22(3,4)5)23-20(28)16-7-6-8-17(11-16)27-19(15-9-10-15)12-18(26-27)21-25-24-14(2)29-21/h6-8,11-13,15H,9-10H2,1-5H3,(H,23,28)/t13-/m0/s1. The number of rotatable bonds is 5. The molecule has 1 atom stereocenters.